The Labute approximate surface area is 168 Å². The summed E-state index contributed by atoms with van der Waals surface area (Å²) in [5, 5.41) is 9.90. The third-order valence-corrected chi connectivity index (χ3v) is 4.34. The number of amides is 1. The monoisotopic (exact) mass is 398 g/mol. The minimum absolute atomic E-state index is 0.0266. The molecule has 0 spiro atoms. The molecule has 0 radical (unpaired) electrons. The molecule has 2 N–H and O–H groups in total. The zero-order valence-electron chi connectivity index (χ0n) is 15.8. The Kier molecular flexibility index (Phi) is 6.44. The fraction of sp³-hybridized carbons (Fsp3) is 0.250. The van der Waals surface area contributed by atoms with Crippen LogP contribution in [0.2, 0.25) is 0 Å². The largest absolute Gasteiger partial charge is 0.497 e. The molecule has 1 aromatic heterocycles. The molecule has 7 nitrogen and oxygen atoms in total. The van der Waals surface area contributed by atoms with E-state index < -0.39 is 0 Å². The average Bonchev–Trinajstić information content (AvgIpc) is 3.07. The number of methoxy groups -OCH3 is 1. The highest BCUT2D eigenvalue weighted by molar-refractivity contribution is 7.71. The zero-order chi connectivity index (χ0) is 19.9. The lowest BCUT2D eigenvalue weighted by Crippen LogP contribution is -2.20. The van der Waals surface area contributed by atoms with E-state index in [1.54, 1.807) is 11.7 Å². The number of anilines is 1. The Hall–Kier alpha value is -3.13. The summed E-state index contributed by atoms with van der Waals surface area (Å²) in [6.45, 7) is 2.64. The van der Waals surface area contributed by atoms with Gasteiger partial charge in [-0.15, -0.1) is 0 Å². The molecule has 8 heteroatoms. The topological polar surface area (TPSA) is 81.2 Å². The normalized spacial score (nSPS) is 10.5. The lowest BCUT2D eigenvalue weighted by molar-refractivity contribution is -0.116. The second-order valence-electron chi connectivity index (χ2n) is 6.06. The number of para-hydroxylation sites is 2. The second kappa shape index (κ2) is 9.18. The number of benzene rings is 2. The van der Waals surface area contributed by atoms with Gasteiger partial charge < -0.3 is 14.8 Å². The number of hydrogen-bond donors (Lipinski definition) is 2. The molecule has 1 amide bonds. The Morgan fingerprint density at radius 3 is 2.68 bits per heavy atom. The van der Waals surface area contributed by atoms with Crippen molar-refractivity contribution in [3.8, 4) is 22.9 Å². The number of H-pyrrole nitrogens is 1. The van der Waals surface area contributed by atoms with Crippen molar-refractivity contribution in [2.75, 3.05) is 19.0 Å². The first-order chi connectivity index (χ1) is 13.6. The lowest BCUT2D eigenvalue weighted by Gasteiger charge is -2.13. The van der Waals surface area contributed by atoms with Gasteiger partial charge in [0, 0.05) is 5.56 Å². The summed E-state index contributed by atoms with van der Waals surface area (Å²) in [6.07, 6.45) is 0.887. The van der Waals surface area contributed by atoms with Crippen LogP contribution in [0.1, 0.15) is 13.3 Å². The third kappa shape index (κ3) is 4.58. The molecular weight excluding hydrogens is 376 g/mol. The first-order valence-electron chi connectivity index (χ1n) is 8.93. The van der Waals surface area contributed by atoms with Gasteiger partial charge in [0.1, 0.15) is 18.0 Å². The summed E-state index contributed by atoms with van der Waals surface area (Å²) in [6, 6.07) is 14.8. The molecule has 0 aliphatic heterocycles. The molecule has 3 aromatic rings. The SMILES string of the molecule is CCCOc1ccccc1NC(=O)Cn1c(-c2ccc(OC)cc2)n[nH]c1=S. The smallest absolute Gasteiger partial charge is 0.244 e. The van der Waals surface area contributed by atoms with Crippen molar-refractivity contribution >= 4 is 23.8 Å². The van der Waals surface area contributed by atoms with E-state index in [9.17, 15) is 4.79 Å². The van der Waals surface area contributed by atoms with Gasteiger partial charge >= 0.3 is 0 Å². The van der Waals surface area contributed by atoms with Crippen molar-refractivity contribution in [1.29, 1.82) is 0 Å². The summed E-state index contributed by atoms with van der Waals surface area (Å²) in [7, 11) is 1.61. The van der Waals surface area contributed by atoms with Crippen LogP contribution in [0.5, 0.6) is 11.5 Å². The molecule has 1 heterocycles. The van der Waals surface area contributed by atoms with E-state index >= 15 is 0 Å². The maximum absolute atomic E-state index is 12.6. The molecule has 2 aromatic carbocycles. The van der Waals surface area contributed by atoms with Crippen LogP contribution in [0.4, 0.5) is 5.69 Å². The van der Waals surface area contributed by atoms with Crippen molar-refractivity contribution in [3.63, 3.8) is 0 Å². The van der Waals surface area contributed by atoms with Crippen LogP contribution >= 0.6 is 12.2 Å². The first kappa shape index (κ1) is 19.6. The van der Waals surface area contributed by atoms with Gasteiger partial charge in [0.2, 0.25) is 5.91 Å². The van der Waals surface area contributed by atoms with Crippen LogP contribution in [0.15, 0.2) is 48.5 Å². The molecule has 0 saturated heterocycles. The van der Waals surface area contributed by atoms with Gasteiger partial charge in [0.25, 0.3) is 0 Å². The van der Waals surface area contributed by atoms with E-state index in [1.165, 1.54) is 0 Å². The quantitative estimate of drug-likeness (QED) is 0.560. The van der Waals surface area contributed by atoms with Gasteiger partial charge in [-0.05, 0) is 55.0 Å². The number of nitrogens with zero attached hydrogens (tertiary/aromatic N) is 2. The van der Waals surface area contributed by atoms with Crippen molar-refractivity contribution in [3.05, 3.63) is 53.3 Å². The number of rotatable bonds is 8. The predicted molar refractivity (Wildman–Crippen MR) is 110 cm³/mol. The van der Waals surface area contributed by atoms with Gasteiger partial charge in [-0.25, -0.2) is 0 Å². The second-order valence-corrected chi connectivity index (χ2v) is 6.45. The van der Waals surface area contributed by atoms with Gasteiger partial charge in [0.05, 0.1) is 19.4 Å². The summed E-state index contributed by atoms with van der Waals surface area (Å²) in [5.74, 6) is 1.74. The first-order valence-corrected chi connectivity index (χ1v) is 9.34. The van der Waals surface area contributed by atoms with Crippen molar-refractivity contribution < 1.29 is 14.3 Å². The van der Waals surface area contributed by atoms with Gasteiger partial charge in [-0.1, -0.05) is 19.1 Å². The third-order valence-electron chi connectivity index (χ3n) is 4.03. The average molecular weight is 398 g/mol. The number of carbonyl (C=O) groups excluding carboxylic acids is 1. The fourth-order valence-corrected chi connectivity index (χ4v) is 2.86. The molecule has 146 valence electrons. The van der Waals surface area contributed by atoms with E-state index in [0.717, 1.165) is 17.7 Å². The predicted octanol–water partition coefficient (Wildman–Crippen LogP) is 4.04. The molecule has 0 unspecified atom stereocenters. The van der Waals surface area contributed by atoms with Crippen LogP contribution in [0.3, 0.4) is 0 Å². The van der Waals surface area contributed by atoms with E-state index in [-0.39, 0.29) is 12.5 Å². The highest BCUT2D eigenvalue weighted by atomic mass is 32.1. The van der Waals surface area contributed by atoms with E-state index in [2.05, 4.69) is 15.5 Å². The van der Waals surface area contributed by atoms with Gasteiger partial charge in [-0.3, -0.25) is 14.5 Å². The molecular formula is C20H22N4O3S. The molecule has 0 saturated carbocycles. The number of aromatic nitrogens is 3. The van der Waals surface area contributed by atoms with Crippen molar-refractivity contribution in [2.24, 2.45) is 0 Å². The van der Waals surface area contributed by atoms with Crippen LogP contribution < -0.4 is 14.8 Å². The molecule has 3 rings (SSSR count). The van der Waals surface area contributed by atoms with Gasteiger partial charge in [0.15, 0.2) is 10.6 Å². The number of ether oxygens (including phenoxy) is 2. The number of aromatic amines is 1. The Bertz CT molecular complexity index is 995. The van der Waals surface area contributed by atoms with Crippen LogP contribution in [-0.2, 0) is 11.3 Å². The maximum Gasteiger partial charge on any atom is 0.244 e. The highest BCUT2D eigenvalue weighted by Gasteiger charge is 2.14. The minimum atomic E-state index is -0.222. The molecule has 28 heavy (non-hydrogen) atoms. The molecule has 0 aliphatic rings. The summed E-state index contributed by atoms with van der Waals surface area (Å²) in [5.41, 5.74) is 1.45. The molecule has 0 atom stereocenters. The van der Waals surface area contributed by atoms with E-state index in [4.69, 9.17) is 21.7 Å². The van der Waals surface area contributed by atoms with Crippen molar-refractivity contribution in [2.45, 2.75) is 19.9 Å². The molecule has 0 bridgehead atoms. The maximum atomic E-state index is 12.6. The Morgan fingerprint density at radius 2 is 1.96 bits per heavy atom. The lowest BCUT2D eigenvalue weighted by atomic mass is 10.2. The highest BCUT2D eigenvalue weighted by Crippen LogP contribution is 2.24. The van der Waals surface area contributed by atoms with Crippen molar-refractivity contribution in [1.82, 2.24) is 14.8 Å². The summed E-state index contributed by atoms with van der Waals surface area (Å²) >= 11 is 5.30. The molecule has 0 fully saturated rings. The van der Waals surface area contributed by atoms with E-state index in [0.29, 0.717) is 28.6 Å². The fourth-order valence-electron chi connectivity index (χ4n) is 2.67. The van der Waals surface area contributed by atoms with Gasteiger partial charge in [-0.2, -0.15) is 5.10 Å². The van der Waals surface area contributed by atoms with Crippen LogP contribution in [0, 0.1) is 4.77 Å². The summed E-state index contributed by atoms with van der Waals surface area (Å²) in [4.78, 5) is 12.6. The number of carbonyl (C=O) groups is 1. The molecule has 0 aliphatic carbocycles. The van der Waals surface area contributed by atoms with Crippen LogP contribution in [-0.4, -0.2) is 34.4 Å². The minimum Gasteiger partial charge on any atom is -0.497 e. The number of hydrogen-bond acceptors (Lipinski definition) is 5. The standard InChI is InChI=1S/C20H22N4O3S/c1-3-12-27-17-7-5-4-6-16(17)21-18(25)13-24-19(22-23-20(24)28)14-8-10-15(26-2)11-9-14/h4-11H,3,12-13H2,1-2H3,(H,21,25)(H,23,28). The zero-order valence-corrected chi connectivity index (χ0v) is 16.6. The van der Waals surface area contributed by atoms with Crippen LogP contribution in [0.25, 0.3) is 11.4 Å². The summed E-state index contributed by atoms with van der Waals surface area (Å²) < 4.78 is 12.9. The Balaban J connectivity index is 1.78. The number of nitrogens with one attached hydrogen (secondary N) is 2. The Morgan fingerprint density at radius 1 is 1.21 bits per heavy atom. The van der Waals surface area contributed by atoms with E-state index in [1.807, 2.05) is 55.5 Å².